The highest BCUT2D eigenvalue weighted by molar-refractivity contribution is 5.78. The predicted octanol–water partition coefficient (Wildman–Crippen LogP) is 2.62. The Hall–Kier alpha value is -1.42. The summed E-state index contributed by atoms with van der Waals surface area (Å²) >= 11 is 0. The van der Waals surface area contributed by atoms with E-state index in [0.29, 0.717) is 31.4 Å². The van der Waals surface area contributed by atoms with Crippen LogP contribution >= 0.6 is 0 Å². The van der Waals surface area contributed by atoms with E-state index in [4.69, 9.17) is 0 Å². The van der Waals surface area contributed by atoms with E-state index in [1.165, 1.54) is 6.07 Å². The first-order valence-electron chi connectivity index (χ1n) is 7.08. The van der Waals surface area contributed by atoms with Gasteiger partial charge in [0.2, 0.25) is 5.91 Å². The van der Waals surface area contributed by atoms with Crippen LogP contribution in [-0.2, 0) is 11.2 Å². The highest BCUT2D eigenvalue weighted by Gasteiger charge is 2.18. The molecule has 0 aliphatic carbocycles. The van der Waals surface area contributed by atoms with Crippen molar-refractivity contribution < 1.29 is 14.3 Å². The molecule has 1 aromatic carbocycles. The minimum absolute atomic E-state index is 0.0435. The van der Waals surface area contributed by atoms with Crippen molar-refractivity contribution in [3.63, 3.8) is 0 Å². The fraction of sp³-hybridized carbons (Fsp3) is 0.562. The lowest BCUT2D eigenvalue weighted by Gasteiger charge is -2.22. The molecule has 112 valence electrons. The second kappa shape index (κ2) is 8.00. The molecule has 2 atom stereocenters. The molecule has 0 aliphatic heterocycles. The van der Waals surface area contributed by atoms with E-state index >= 15 is 0 Å². The van der Waals surface area contributed by atoms with Gasteiger partial charge in [-0.1, -0.05) is 25.1 Å². The van der Waals surface area contributed by atoms with Crippen molar-refractivity contribution in [2.24, 2.45) is 5.92 Å². The molecule has 1 amide bonds. The van der Waals surface area contributed by atoms with Crippen LogP contribution in [0.1, 0.15) is 32.3 Å². The number of amides is 1. The number of hydrogen-bond donors (Lipinski definition) is 1. The quantitative estimate of drug-likeness (QED) is 0.834. The minimum atomic E-state index is -0.404. The molecule has 1 N–H and O–H groups in total. The fourth-order valence-corrected chi connectivity index (χ4v) is 2.06. The third-order valence-corrected chi connectivity index (χ3v) is 3.48. The van der Waals surface area contributed by atoms with Crippen molar-refractivity contribution in [2.45, 2.75) is 39.2 Å². The molecule has 0 saturated heterocycles. The number of carbonyl (C=O) groups is 1. The zero-order chi connectivity index (χ0) is 15.1. The lowest BCUT2D eigenvalue weighted by Crippen LogP contribution is -2.33. The molecule has 0 saturated carbocycles. The summed E-state index contributed by atoms with van der Waals surface area (Å²) in [5.74, 6) is -0.315. The summed E-state index contributed by atoms with van der Waals surface area (Å²) in [6.07, 6.45) is 1.35. The molecule has 0 bridgehead atoms. The number of aryl methyl sites for hydroxylation is 1. The van der Waals surface area contributed by atoms with Crippen LogP contribution in [0.3, 0.4) is 0 Å². The van der Waals surface area contributed by atoms with Gasteiger partial charge in [-0.05, 0) is 37.8 Å². The number of aliphatic hydroxyl groups excluding tert-OH is 1. The maximum absolute atomic E-state index is 13.5. The molecule has 4 heteroatoms. The van der Waals surface area contributed by atoms with Gasteiger partial charge >= 0.3 is 0 Å². The Morgan fingerprint density at radius 2 is 1.95 bits per heavy atom. The van der Waals surface area contributed by atoms with Crippen molar-refractivity contribution in [1.29, 1.82) is 0 Å². The van der Waals surface area contributed by atoms with Gasteiger partial charge in [-0.15, -0.1) is 0 Å². The highest BCUT2D eigenvalue weighted by atomic mass is 19.1. The predicted molar refractivity (Wildman–Crippen MR) is 77.8 cm³/mol. The Kier molecular flexibility index (Phi) is 6.65. The lowest BCUT2D eigenvalue weighted by molar-refractivity contribution is -0.134. The lowest BCUT2D eigenvalue weighted by atomic mass is 9.99. The van der Waals surface area contributed by atoms with Crippen LogP contribution in [-0.4, -0.2) is 35.6 Å². The van der Waals surface area contributed by atoms with Crippen molar-refractivity contribution in [3.05, 3.63) is 35.6 Å². The maximum Gasteiger partial charge on any atom is 0.225 e. The molecule has 0 aliphatic rings. The maximum atomic E-state index is 13.5. The second-order valence-electron chi connectivity index (χ2n) is 5.43. The third-order valence-electron chi connectivity index (χ3n) is 3.48. The molecule has 0 radical (unpaired) electrons. The molecule has 20 heavy (non-hydrogen) atoms. The van der Waals surface area contributed by atoms with Gasteiger partial charge in [-0.25, -0.2) is 4.39 Å². The first-order chi connectivity index (χ1) is 9.41. The van der Waals surface area contributed by atoms with Crippen LogP contribution < -0.4 is 0 Å². The van der Waals surface area contributed by atoms with E-state index in [9.17, 15) is 14.3 Å². The first-order valence-corrected chi connectivity index (χ1v) is 7.08. The van der Waals surface area contributed by atoms with Crippen LogP contribution in [0.2, 0.25) is 0 Å². The third kappa shape index (κ3) is 5.29. The second-order valence-corrected chi connectivity index (χ2v) is 5.43. The molecular formula is C16H24FNO2. The Balaban J connectivity index is 2.44. The van der Waals surface area contributed by atoms with E-state index in [2.05, 4.69) is 0 Å². The summed E-state index contributed by atoms with van der Waals surface area (Å²) in [7, 11) is 1.74. The Labute approximate surface area is 120 Å². The minimum Gasteiger partial charge on any atom is -0.393 e. The Morgan fingerprint density at radius 1 is 1.30 bits per heavy atom. The van der Waals surface area contributed by atoms with Crippen LogP contribution in [0.5, 0.6) is 0 Å². The molecule has 0 heterocycles. The van der Waals surface area contributed by atoms with Gasteiger partial charge < -0.3 is 10.0 Å². The number of benzene rings is 1. The van der Waals surface area contributed by atoms with Crippen LogP contribution in [0, 0.1) is 11.7 Å². The Bertz CT molecular complexity index is 434. The van der Waals surface area contributed by atoms with E-state index in [-0.39, 0.29) is 17.6 Å². The summed E-state index contributed by atoms with van der Waals surface area (Å²) in [6, 6.07) is 6.66. The van der Waals surface area contributed by atoms with Gasteiger partial charge in [0.25, 0.3) is 0 Å². The zero-order valence-corrected chi connectivity index (χ0v) is 12.5. The number of nitrogens with zero attached hydrogens (tertiary/aromatic N) is 1. The number of carbonyl (C=O) groups excluding carboxylic acids is 1. The largest absolute Gasteiger partial charge is 0.393 e. The van der Waals surface area contributed by atoms with Gasteiger partial charge in [0, 0.05) is 19.5 Å². The molecule has 0 fully saturated rings. The monoisotopic (exact) mass is 281 g/mol. The summed E-state index contributed by atoms with van der Waals surface area (Å²) < 4.78 is 13.5. The average molecular weight is 281 g/mol. The van der Waals surface area contributed by atoms with E-state index < -0.39 is 6.10 Å². The molecular weight excluding hydrogens is 257 g/mol. The molecule has 2 unspecified atom stereocenters. The van der Waals surface area contributed by atoms with Gasteiger partial charge in [-0.2, -0.15) is 0 Å². The fourth-order valence-electron chi connectivity index (χ4n) is 2.06. The van der Waals surface area contributed by atoms with Crippen molar-refractivity contribution in [3.8, 4) is 0 Å². The standard InChI is InChI=1S/C16H24FNO2/c1-12(16(20)18(3)11-10-13(2)19)8-9-14-6-4-5-7-15(14)17/h4-7,12-13,19H,8-11H2,1-3H3. The van der Waals surface area contributed by atoms with Crippen molar-refractivity contribution in [1.82, 2.24) is 4.90 Å². The van der Waals surface area contributed by atoms with E-state index in [0.717, 1.165) is 0 Å². The molecule has 1 rings (SSSR count). The van der Waals surface area contributed by atoms with Gasteiger partial charge in [0.15, 0.2) is 0 Å². The van der Waals surface area contributed by atoms with Crippen molar-refractivity contribution >= 4 is 5.91 Å². The normalized spacial score (nSPS) is 13.8. The topological polar surface area (TPSA) is 40.5 Å². The number of rotatable bonds is 7. The molecule has 0 spiro atoms. The van der Waals surface area contributed by atoms with Gasteiger partial charge in [0.05, 0.1) is 6.10 Å². The van der Waals surface area contributed by atoms with E-state index in [1.807, 2.05) is 6.92 Å². The summed E-state index contributed by atoms with van der Waals surface area (Å²) in [5, 5.41) is 9.22. The Morgan fingerprint density at radius 3 is 2.55 bits per heavy atom. The summed E-state index contributed by atoms with van der Waals surface area (Å²) in [4.78, 5) is 13.7. The molecule has 0 aromatic heterocycles. The smallest absolute Gasteiger partial charge is 0.225 e. The molecule has 3 nitrogen and oxygen atoms in total. The van der Waals surface area contributed by atoms with Crippen LogP contribution in [0.25, 0.3) is 0 Å². The number of hydrogen-bond acceptors (Lipinski definition) is 2. The molecule has 1 aromatic rings. The van der Waals surface area contributed by atoms with Crippen molar-refractivity contribution in [2.75, 3.05) is 13.6 Å². The van der Waals surface area contributed by atoms with E-state index in [1.54, 1.807) is 37.1 Å². The van der Waals surface area contributed by atoms with Crippen LogP contribution in [0.15, 0.2) is 24.3 Å². The highest BCUT2D eigenvalue weighted by Crippen LogP contribution is 2.14. The zero-order valence-electron chi connectivity index (χ0n) is 12.5. The number of aliphatic hydroxyl groups is 1. The SMILES string of the molecule is CC(O)CCN(C)C(=O)C(C)CCc1ccccc1F. The van der Waals surface area contributed by atoms with Gasteiger partial charge in [-0.3, -0.25) is 4.79 Å². The first kappa shape index (κ1) is 16.6. The summed E-state index contributed by atoms with van der Waals surface area (Å²) in [5.41, 5.74) is 0.652. The number of halogens is 1. The summed E-state index contributed by atoms with van der Waals surface area (Å²) in [6.45, 7) is 4.11. The average Bonchev–Trinajstić information content (AvgIpc) is 2.42. The van der Waals surface area contributed by atoms with Crippen LogP contribution in [0.4, 0.5) is 4.39 Å². The van der Waals surface area contributed by atoms with Gasteiger partial charge in [0.1, 0.15) is 5.82 Å².